The van der Waals surface area contributed by atoms with Crippen molar-refractivity contribution >= 4 is 23.1 Å². The molecule has 0 aliphatic rings. The highest BCUT2D eigenvalue weighted by Gasteiger charge is 2.17. The summed E-state index contributed by atoms with van der Waals surface area (Å²) in [7, 11) is 0. The van der Waals surface area contributed by atoms with Crippen LogP contribution in [0, 0.1) is 11.6 Å². The van der Waals surface area contributed by atoms with Crippen molar-refractivity contribution < 1.29 is 13.6 Å². The number of hydrogen-bond donors (Lipinski definition) is 2. The van der Waals surface area contributed by atoms with Crippen LogP contribution in [0.4, 0.5) is 26.0 Å². The van der Waals surface area contributed by atoms with E-state index in [2.05, 4.69) is 25.9 Å². The number of halogens is 2. The molecule has 144 valence electrons. The van der Waals surface area contributed by atoms with Gasteiger partial charge in [0.1, 0.15) is 17.2 Å². The molecule has 0 bridgehead atoms. The van der Waals surface area contributed by atoms with Gasteiger partial charge in [-0.25, -0.2) is 13.5 Å². The normalized spacial score (nSPS) is 10.6. The van der Waals surface area contributed by atoms with Crippen molar-refractivity contribution in [3.63, 3.8) is 0 Å². The number of benzene rings is 2. The first-order valence-electron chi connectivity index (χ1n) is 8.56. The first-order chi connectivity index (χ1) is 14.1. The standard InChI is InChI=1S/C20H14F2N6O/c21-15-3-1-4-16(22)19(15)20(29)25-14-7-5-13(6-8-14)24-17-9-10-18(27-26-17)28-12-2-11-23-28/h1-12H,(H,24,26)(H,25,29). The van der Waals surface area contributed by atoms with E-state index in [0.717, 1.165) is 12.1 Å². The number of aromatic nitrogens is 4. The lowest BCUT2D eigenvalue weighted by atomic mass is 10.1. The van der Waals surface area contributed by atoms with Gasteiger partial charge in [0, 0.05) is 23.8 Å². The van der Waals surface area contributed by atoms with Gasteiger partial charge in [0.15, 0.2) is 11.6 Å². The van der Waals surface area contributed by atoms with E-state index in [1.165, 1.54) is 6.07 Å². The SMILES string of the molecule is O=C(Nc1ccc(Nc2ccc(-n3cccn3)nn2)cc1)c1c(F)cccc1F. The average Bonchev–Trinajstić information content (AvgIpc) is 3.25. The van der Waals surface area contributed by atoms with Crippen LogP contribution in [0.1, 0.15) is 10.4 Å². The number of carbonyl (C=O) groups excluding carboxylic acids is 1. The van der Waals surface area contributed by atoms with Gasteiger partial charge in [-0.3, -0.25) is 4.79 Å². The van der Waals surface area contributed by atoms with Crippen molar-refractivity contribution in [1.82, 2.24) is 20.0 Å². The lowest BCUT2D eigenvalue weighted by molar-refractivity contribution is 0.101. The second-order valence-corrected chi connectivity index (χ2v) is 5.98. The molecule has 0 saturated carbocycles. The van der Waals surface area contributed by atoms with Gasteiger partial charge in [0.05, 0.1) is 0 Å². The molecule has 0 radical (unpaired) electrons. The van der Waals surface area contributed by atoms with Gasteiger partial charge in [-0.1, -0.05) is 6.07 Å². The Balaban J connectivity index is 1.42. The zero-order valence-electron chi connectivity index (χ0n) is 14.9. The third kappa shape index (κ3) is 4.08. The maximum absolute atomic E-state index is 13.7. The second kappa shape index (κ2) is 7.85. The minimum absolute atomic E-state index is 0.392. The van der Waals surface area contributed by atoms with Gasteiger partial charge >= 0.3 is 0 Å². The van der Waals surface area contributed by atoms with E-state index in [-0.39, 0.29) is 0 Å². The predicted octanol–water partition coefficient (Wildman–Crippen LogP) is 3.94. The van der Waals surface area contributed by atoms with E-state index in [1.54, 1.807) is 59.5 Å². The third-order valence-electron chi connectivity index (χ3n) is 3.99. The highest BCUT2D eigenvalue weighted by molar-refractivity contribution is 6.04. The van der Waals surface area contributed by atoms with E-state index >= 15 is 0 Å². The van der Waals surface area contributed by atoms with Crippen molar-refractivity contribution in [1.29, 1.82) is 0 Å². The van der Waals surface area contributed by atoms with Crippen LogP contribution in [0.25, 0.3) is 5.82 Å². The molecule has 0 saturated heterocycles. The van der Waals surface area contributed by atoms with Crippen LogP contribution >= 0.6 is 0 Å². The summed E-state index contributed by atoms with van der Waals surface area (Å²) in [5.74, 6) is -1.60. The number of hydrogen-bond acceptors (Lipinski definition) is 5. The average molecular weight is 392 g/mol. The van der Waals surface area contributed by atoms with E-state index in [9.17, 15) is 13.6 Å². The summed E-state index contributed by atoms with van der Waals surface area (Å²) in [5, 5.41) is 17.8. The lowest BCUT2D eigenvalue weighted by Gasteiger charge is -2.09. The molecule has 4 aromatic rings. The Morgan fingerprint density at radius 1 is 0.862 bits per heavy atom. The Hall–Kier alpha value is -4.14. The van der Waals surface area contributed by atoms with E-state index in [1.807, 2.05) is 0 Å². The number of nitrogens with one attached hydrogen (secondary N) is 2. The van der Waals surface area contributed by atoms with Crippen LogP contribution in [-0.4, -0.2) is 25.9 Å². The molecule has 2 aromatic heterocycles. The maximum atomic E-state index is 13.7. The Morgan fingerprint density at radius 2 is 1.59 bits per heavy atom. The summed E-state index contributed by atoms with van der Waals surface area (Å²) >= 11 is 0. The topological polar surface area (TPSA) is 84.7 Å². The van der Waals surface area contributed by atoms with Crippen molar-refractivity contribution in [3.05, 3.63) is 90.3 Å². The molecule has 9 heteroatoms. The molecule has 2 N–H and O–H groups in total. The fraction of sp³-hybridized carbons (Fsp3) is 0. The molecule has 0 fully saturated rings. The summed E-state index contributed by atoms with van der Waals surface area (Å²) in [6.45, 7) is 0. The molecule has 1 amide bonds. The number of anilines is 3. The largest absolute Gasteiger partial charge is 0.339 e. The van der Waals surface area contributed by atoms with Crippen LogP contribution in [0.5, 0.6) is 0 Å². The fourth-order valence-corrected chi connectivity index (χ4v) is 2.61. The first kappa shape index (κ1) is 18.2. The summed E-state index contributed by atoms with van der Waals surface area (Å²) in [6, 6.07) is 15.1. The highest BCUT2D eigenvalue weighted by atomic mass is 19.1. The predicted molar refractivity (Wildman–Crippen MR) is 103 cm³/mol. The minimum Gasteiger partial charge on any atom is -0.339 e. The summed E-state index contributed by atoms with van der Waals surface area (Å²) < 4.78 is 29.0. The van der Waals surface area contributed by atoms with E-state index in [4.69, 9.17) is 0 Å². The molecular weight excluding hydrogens is 378 g/mol. The maximum Gasteiger partial charge on any atom is 0.261 e. The smallest absolute Gasteiger partial charge is 0.261 e. The molecule has 2 heterocycles. The zero-order valence-corrected chi connectivity index (χ0v) is 14.9. The summed E-state index contributed by atoms with van der Waals surface area (Å²) in [4.78, 5) is 12.1. The molecule has 2 aromatic carbocycles. The third-order valence-corrected chi connectivity index (χ3v) is 3.99. The Bertz CT molecular complexity index is 1110. The van der Waals surface area contributed by atoms with Crippen molar-refractivity contribution in [2.45, 2.75) is 0 Å². The monoisotopic (exact) mass is 392 g/mol. The first-order valence-corrected chi connectivity index (χ1v) is 8.56. The number of carbonyl (C=O) groups is 1. The lowest BCUT2D eigenvalue weighted by Crippen LogP contribution is -2.15. The molecular formula is C20H14F2N6O. The molecule has 7 nitrogen and oxygen atoms in total. The van der Waals surface area contributed by atoms with E-state index < -0.39 is 23.1 Å². The van der Waals surface area contributed by atoms with Crippen LogP contribution in [-0.2, 0) is 0 Å². The van der Waals surface area contributed by atoms with Gasteiger partial charge in [-0.2, -0.15) is 5.10 Å². The van der Waals surface area contributed by atoms with Crippen LogP contribution < -0.4 is 10.6 Å². The summed E-state index contributed by atoms with van der Waals surface area (Å²) in [6.07, 6.45) is 3.41. The van der Waals surface area contributed by atoms with Gasteiger partial charge in [0.2, 0.25) is 0 Å². The molecule has 4 rings (SSSR count). The van der Waals surface area contributed by atoms with Crippen LogP contribution in [0.2, 0.25) is 0 Å². The fourth-order valence-electron chi connectivity index (χ4n) is 2.61. The van der Waals surface area contributed by atoms with Gasteiger partial charge in [-0.05, 0) is 54.6 Å². The van der Waals surface area contributed by atoms with Crippen LogP contribution in [0.3, 0.4) is 0 Å². The molecule has 0 aliphatic carbocycles. The number of rotatable bonds is 5. The number of nitrogens with zero attached hydrogens (tertiary/aromatic N) is 4. The summed E-state index contributed by atoms with van der Waals surface area (Å²) in [5.41, 5.74) is 0.465. The highest BCUT2D eigenvalue weighted by Crippen LogP contribution is 2.19. The molecule has 29 heavy (non-hydrogen) atoms. The van der Waals surface area contributed by atoms with Crippen molar-refractivity contribution in [3.8, 4) is 5.82 Å². The Kier molecular flexibility index (Phi) is 4.93. The Morgan fingerprint density at radius 3 is 2.21 bits per heavy atom. The molecule has 0 atom stereocenters. The minimum atomic E-state index is -0.919. The van der Waals surface area contributed by atoms with Gasteiger partial charge < -0.3 is 10.6 Å². The number of amides is 1. The second-order valence-electron chi connectivity index (χ2n) is 5.98. The van der Waals surface area contributed by atoms with Crippen LogP contribution in [0.15, 0.2) is 73.1 Å². The molecule has 0 aliphatic heterocycles. The Labute approximate surface area is 164 Å². The van der Waals surface area contributed by atoms with Gasteiger partial charge in [0.25, 0.3) is 5.91 Å². The van der Waals surface area contributed by atoms with Crippen molar-refractivity contribution in [2.24, 2.45) is 0 Å². The zero-order chi connectivity index (χ0) is 20.2. The molecule has 0 spiro atoms. The molecule has 0 unspecified atom stereocenters. The van der Waals surface area contributed by atoms with Gasteiger partial charge in [-0.15, -0.1) is 10.2 Å². The van der Waals surface area contributed by atoms with Crippen molar-refractivity contribution in [2.75, 3.05) is 10.6 Å². The van der Waals surface area contributed by atoms with E-state index in [0.29, 0.717) is 23.0 Å². The quantitative estimate of drug-likeness (QED) is 0.538.